The van der Waals surface area contributed by atoms with Gasteiger partial charge in [-0.25, -0.2) is 44.9 Å². The van der Waals surface area contributed by atoms with Crippen molar-refractivity contribution in [1.82, 2.24) is 54.8 Å². The molecule has 0 saturated carbocycles. The molecular weight excluding hydrogens is 1220 g/mol. The van der Waals surface area contributed by atoms with E-state index in [4.69, 9.17) is 44.9 Å². The van der Waals surface area contributed by atoms with Crippen LogP contribution < -0.4 is 0 Å². The van der Waals surface area contributed by atoms with Gasteiger partial charge in [-0.3, -0.25) is 9.97 Å². The van der Waals surface area contributed by atoms with Gasteiger partial charge in [-0.15, -0.1) is 0 Å². The molecule has 0 N–H and O–H groups in total. The van der Waals surface area contributed by atoms with Gasteiger partial charge in [-0.1, -0.05) is 243 Å². The van der Waals surface area contributed by atoms with E-state index in [-0.39, 0.29) is 0 Å². The smallest absolute Gasteiger partial charge is 0.164 e. The molecule has 0 aliphatic rings. The Bertz CT molecular complexity index is 5540. The van der Waals surface area contributed by atoms with E-state index in [1.54, 1.807) is 12.4 Å². The molecule has 11 nitrogen and oxygen atoms in total. The Morgan fingerprint density at radius 3 is 0.960 bits per heavy atom. The average Bonchev–Trinajstić information content (AvgIpc) is 0.783. The van der Waals surface area contributed by atoms with Crippen LogP contribution in [0.3, 0.4) is 0 Å². The van der Waals surface area contributed by atoms with Gasteiger partial charge in [0.2, 0.25) is 0 Å². The van der Waals surface area contributed by atoms with Crippen LogP contribution >= 0.6 is 0 Å². The largest absolute Gasteiger partial charge is 0.255 e. The maximum atomic E-state index is 5.16. The topological polar surface area (TPSA) is 142 Å². The zero-order valence-electron chi connectivity index (χ0n) is 53.8. The van der Waals surface area contributed by atoms with Crippen molar-refractivity contribution >= 4 is 43.6 Å². The quantitative estimate of drug-likeness (QED) is 0.115. The Balaban J connectivity index is 0.000000150. The molecule has 8 heterocycles. The van der Waals surface area contributed by atoms with E-state index in [1.165, 1.54) is 0 Å². The summed E-state index contributed by atoms with van der Waals surface area (Å²) in [5, 5.41) is 4.30. The van der Waals surface area contributed by atoms with Crippen molar-refractivity contribution < 1.29 is 0 Å². The summed E-state index contributed by atoms with van der Waals surface area (Å²) in [5.41, 5.74) is 22.7. The molecule has 8 aromatic heterocycles. The predicted octanol–water partition coefficient (Wildman–Crippen LogP) is 21.3. The summed E-state index contributed by atoms with van der Waals surface area (Å²) in [6.45, 7) is 0. The van der Waals surface area contributed by atoms with Gasteiger partial charge in [0.15, 0.2) is 23.3 Å². The Morgan fingerprint density at radius 2 is 0.490 bits per heavy atom. The van der Waals surface area contributed by atoms with Crippen LogP contribution in [0, 0.1) is 0 Å². The first-order valence-corrected chi connectivity index (χ1v) is 33.0. The van der Waals surface area contributed by atoms with Crippen LogP contribution in [0.15, 0.2) is 346 Å². The minimum atomic E-state index is 0.599. The molecule has 10 aromatic carbocycles. The highest BCUT2D eigenvalue weighted by Gasteiger charge is 2.19. The first-order chi connectivity index (χ1) is 49.5. The third-order valence-electron chi connectivity index (χ3n) is 17.7. The van der Waals surface area contributed by atoms with Crippen LogP contribution in [0.1, 0.15) is 0 Å². The molecule has 0 fully saturated rings. The summed E-state index contributed by atoms with van der Waals surface area (Å²) in [7, 11) is 0. The van der Waals surface area contributed by atoms with E-state index in [2.05, 4.69) is 174 Å². The third-order valence-corrected chi connectivity index (χ3v) is 17.7. The first kappa shape index (κ1) is 59.9. The molecule has 100 heavy (non-hydrogen) atoms. The summed E-state index contributed by atoms with van der Waals surface area (Å²) in [4.78, 5) is 54.0. The van der Waals surface area contributed by atoms with Crippen molar-refractivity contribution in [3.05, 3.63) is 346 Å². The summed E-state index contributed by atoms with van der Waals surface area (Å²) in [5.74, 6) is 2.54. The Hall–Kier alpha value is -13.8. The molecule has 18 rings (SSSR count). The number of rotatable bonds is 12. The van der Waals surface area contributed by atoms with Crippen molar-refractivity contribution in [2.24, 2.45) is 0 Å². The molecule has 18 aromatic rings. The number of pyridine rings is 6. The second kappa shape index (κ2) is 26.8. The Morgan fingerprint density at radius 1 is 0.150 bits per heavy atom. The van der Waals surface area contributed by atoms with Crippen molar-refractivity contribution in [2.45, 2.75) is 0 Å². The lowest BCUT2D eigenvalue weighted by atomic mass is 9.98. The number of hydrogen-bond acceptors (Lipinski definition) is 11. The molecule has 0 unspecified atom stereocenters. The summed E-state index contributed by atoms with van der Waals surface area (Å²) in [6, 6.07) is 113. The number of fused-ring (bicyclic) bond motifs is 4. The van der Waals surface area contributed by atoms with Crippen LogP contribution in [-0.2, 0) is 0 Å². The summed E-state index contributed by atoms with van der Waals surface area (Å²) < 4.78 is 0. The monoisotopic (exact) mass is 1280 g/mol. The van der Waals surface area contributed by atoms with Crippen molar-refractivity contribution in [2.75, 3.05) is 0 Å². The fraction of sp³-hybridized carbons (Fsp3) is 0. The molecule has 0 aliphatic carbocycles. The highest BCUT2D eigenvalue weighted by atomic mass is 15.0. The standard InChI is InChI=1S/C45H29N5.C44H28N6/c1-3-11-30(12-4-1)43-29-44(50-45(49-43)32-13-5-2-6-14-32)37-16-8-7-15-36(37)39-24-22-35-27-33(21-23-38(35)47-39)34-19-18-31-20-25-41(48-42(31)28-34)40-17-9-10-26-46-40;1-3-11-30(12-4-1)42-48-43(31-13-5-2-6-14-31)50-44(49-42)36-16-8-7-15-35(36)38-24-22-34-27-32(21-23-37(34)46-38)33-19-18-29-20-25-40(47-41(29)28-33)39-17-9-10-26-45-39/h1-29H;1-28H. The Kier molecular flexibility index (Phi) is 16.1. The lowest BCUT2D eigenvalue weighted by molar-refractivity contribution is 1.07. The number of nitrogens with zero attached hydrogens (tertiary/aromatic N) is 11. The maximum Gasteiger partial charge on any atom is 0.164 e. The number of aromatic nitrogens is 11. The SMILES string of the molecule is c1ccc(-c2cc(-c3ccccc3-c3ccc4cc(-c5ccc6ccc(-c7ccccn7)nc6c5)ccc4n3)nc(-c3ccccc3)n2)cc1.c1ccc(-c2nc(-c3ccccc3)nc(-c3ccccc3-c3ccc4cc(-c5ccc6ccc(-c7ccccn7)nc6c5)ccc4n3)n2)cc1. The van der Waals surface area contributed by atoms with Gasteiger partial charge >= 0.3 is 0 Å². The van der Waals surface area contributed by atoms with Crippen LogP contribution in [-0.4, -0.2) is 54.8 Å². The molecule has 0 amide bonds. The van der Waals surface area contributed by atoms with Crippen LogP contribution in [0.5, 0.6) is 0 Å². The normalized spacial score (nSPS) is 11.2. The van der Waals surface area contributed by atoms with E-state index >= 15 is 0 Å². The zero-order valence-corrected chi connectivity index (χ0v) is 53.8. The second-order valence-corrected chi connectivity index (χ2v) is 24.2. The minimum Gasteiger partial charge on any atom is -0.255 e. The van der Waals surface area contributed by atoms with Gasteiger partial charge in [0, 0.05) is 78.4 Å². The highest BCUT2D eigenvalue weighted by Crippen LogP contribution is 2.38. The van der Waals surface area contributed by atoms with Gasteiger partial charge in [-0.05, 0) is 113 Å². The fourth-order valence-electron chi connectivity index (χ4n) is 12.6. The van der Waals surface area contributed by atoms with E-state index in [0.717, 1.165) is 156 Å². The molecular formula is C89H57N11. The third kappa shape index (κ3) is 12.5. The zero-order chi connectivity index (χ0) is 66.6. The van der Waals surface area contributed by atoms with Crippen molar-refractivity contribution in [1.29, 1.82) is 0 Å². The van der Waals surface area contributed by atoms with Crippen molar-refractivity contribution in [3.63, 3.8) is 0 Å². The second-order valence-electron chi connectivity index (χ2n) is 24.2. The molecule has 0 atom stereocenters. The molecule has 468 valence electrons. The van der Waals surface area contributed by atoms with E-state index < -0.39 is 0 Å². The molecule has 0 saturated heterocycles. The minimum absolute atomic E-state index is 0.599. The lowest BCUT2D eigenvalue weighted by Crippen LogP contribution is -2.01. The molecule has 0 bridgehead atoms. The number of benzene rings is 10. The van der Waals surface area contributed by atoms with Gasteiger partial charge in [0.25, 0.3) is 0 Å². The molecule has 11 heteroatoms. The van der Waals surface area contributed by atoms with E-state index in [0.29, 0.717) is 23.3 Å². The predicted molar refractivity (Wildman–Crippen MR) is 404 cm³/mol. The average molecular weight is 1280 g/mol. The molecule has 0 spiro atoms. The molecule has 0 radical (unpaired) electrons. The van der Waals surface area contributed by atoms with Gasteiger partial charge < -0.3 is 0 Å². The first-order valence-electron chi connectivity index (χ1n) is 33.0. The lowest BCUT2D eigenvalue weighted by Gasteiger charge is -2.13. The van der Waals surface area contributed by atoms with E-state index in [9.17, 15) is 0 Å². The van der Waals surface area contributed by atoms with Gasteiger partial charge in [0.1, 0.15) is 0 Å². The van der Waals surface area contributed by atoms with Crippen molar-refractivity contribution in [3.8, 4) is 136 Å². The van der Waals surface area contributed by atoms with Gasteiger partial charge in [-0.2, -0.15) is 0 Å². The van der Waals surface area contributed by atoms with Crippen LogP contribution in [0.25, 0.3) is 179 Å². The fourth-order valence-corrected chi connectivity index (χ4v) is 12.6. The Labute approximate surface area is 576 Å². The van der Waals surface area contributed by atoms with Crippen LogP contribution in [0.2, 0.25) is 0 Å². The highest BCUT2D eigenvalue weighted by molar-refractivity contribution is 5.94. The van der Waals surface area contributed by atoms with Gasteiger partial charge in [0.05, 0.1) is 67.6 Å². The van der Waals surface area contributed by atoms with Crippen LogP contribution in [0.4, 0.5) is 0 Å². The molecule has 0 aliphatic heterocycles. The maximum absolute atomic E-state index is 5.16. The summed E-state index contributed by atoms with van der Waals surface area (Å²) >= 11 is 0. The van der Waals surface area contributed by atoms with E-state index in [1.807, 2.05) is 170 Å². The number of hydrogen-bond donors (Lipinski definition) is 0. The summed E-state index contributed by atoms with van der Waals surface area (Å²) in [6.07, 6.45) is 3.59.